The number of hydrogen-bond acceptors (Lipinski definition) is 6. The van der Waals surface area contributed by atoms with E-state index in [9.17, 15) is 24.3 Å². The fourth-order valence-electron chi connectivity index (χ4n) is 3.88. The number of carbonyl (C=O) groups excluding carboxylic acids is 3. The molecule has 10 heteroatoms. The molecule has 1 aliphatic carbocycles. The van der Waals surface area contributed by atoms with E-state index in [-0.39, 0.29) is 11.8 Å². The van der Waals surface area contributed by atoms with Crippen LogP contribution in [0.4, 0.5) is 4.79 Å². The first-order valence-electron chi connectivity index (χ1n) is 10.4. The van der Waals surface area contributed by atoms with Crippen molar-refractivity contribution in [1.82, 2.24) is 15.5 Å². The van der Waals surface area contributed by atoms with Gasteiger partial charge >= 0.3 is 12.1 Å². The monoisotopic (exact) mass is 459 g/mol. The number of benzene rings is 1. The number of thioether (sulfide) groups is 1. The number of carbonyl (C=O) groups is 4. The summed E-state index contributed by atoms with van der Waals surface area (Å²) in [6.07, 6.45) is 1.07. The van der Waals surface area contributed by atoms with Crippen LogP contribution in [0.1, 0.15) is 38.3 Å². The van der Waals surface area contributed by atoms with Gasteiger partial charge in [-0.1, -0.05) is 36.9 Å². The van der Waals surface area contributed by atoms with E-state index in [2.05, 4.69) is 17.2 Å². The first kappa shape index (κ1) is 22.2. The van der Waals surface area contributed by atoms with E-state index >= 15 is 0 Å². The van der Waals surface area contributed by atoms with Crippen LogP contribution in [0.25, 0.3) is 0 Å². The molecule has 2 saturated heterocycles. The molecule has 0 bridgehead atoms. The van der Waals surface area contributed by atoms with E-state index < -0.39 is 46.1 Å². The van der Waals surface area contributed by atoms with Crippen molar-refractivity contribution in [3.63, 3.8) is 0 Å². The number of ether oxygens (including phenoxy) is 1. The van der Waals surface area contributed by atoms with E-state index in [1.807, 2.05) is 6.92 Å². The SMILES string of the molecule is C=C1N2C(=O)C(NC(=O)C(NC(=O)OC(C)C3CC3)c3ccccc3)[C@H]2SC1(C)C(=O)O. The first-order chi connectivity index (χ1) is 15.1. The predicted octanol–water partition coefficient (Wildman–Crippen LogP) is 2.01. The Balaban J connectivity index is 1.47. The molecular formula is C22H25N3O6S. The highest BCUT2D eigenvalue weighted by molar-refractivity contribution is 8.02. The van der Waals surface area contributed by atoms with E-state index in [0.29, 0.717) is 11.5 Å². The number of rotatable bonds is 7. The Morgan fingerprint density at radius 2 is 1.94 bits per heavy atom. The maximum atomic E-state index is 13.1. The minimum atomic E-state index is -1.35. The Hall–Kier alpha value is -3.01. The fourth-order valence-corrected chi connectivity index (χ4v) is 5.36. The van der Waals surface area contributed by atoms with Crippen molar-refractivity contribution < 1.29 is 29.0 Å². The molecule has 3 fully saturated rings. The van der Waals surface area contributed by atoms with Gasteiger partial charge in [-0.05, 0) is 38.2 Å². The zero-order valence-corrected chi connectivity index (χ0v) is 18.6. The lowest BCUT2D eigenvalue weighted by atomic mass is 9.99. The van der Waals surface area contributed by atoms with Gasteiger partial charge in [0.2, 0.25) is 5.91 Å². The summed E-state index contributed by atoms with van der Waals surface area (Å²) in [5.74, 6) is -1.77. The van der Waals surface area contributed by atoms with Gasteiger partial charge in [-0.2, -0.15) is 0 Å². The summed E-state index contributed by atoms with van der Waals surface area (Å²) in [4.78, 5) is 51.2. The van der Waals surface area contributed by atoms with Gasteiger partial charge in [0, 0.05) is 5.70 Å². The lowest BCUT2D eigenvalue weighted by Gasteiger charge is -2.42. The van der Waals surface area contributed by atoms with Crippen LogP contribution >= 0.6 is 11.8 Å². The first-order valence-corrected chi connectivity index (χ1v) is 11.3. The lowest BCUT2D eigenvalue weighted by Crippen LogP contribution is -2.67. The molecule has 1 aromatic carbocycles. The molecule has 32 heavy (non-hydrogen) atoms. The van der Waals surface area contributed by atoms with E-state index in [4.69, 9.17) is 4.74 Å². The minimum Gasteiger partial charge on any atom is -0.480 e. The van der Waals surface area contributed by atoms with Gasteiger partial charge in [0.05, 0.1) is 0 Å². The number of amides is 3. The van der Waals surface area contributed by atoms with E-state index in [0.717, 1.165) is 24.6 Å². The Labute approximate surface area is 189 Å². The Bertz CT molecular complexity index is 981. The third kappa shape index (κ3) is 3.83. The van der Waals surface area contributed by atoms with Crippen LogP contribution in [-0.2, 0) is 19.1 Å². The fraction of sp³-hybridized carbons (Fsp3) is 0.455. The van der Waals surface area contributed by atoms with Crippen LogP contribution in [0, 0.1) is 5.92 Å². The van der Waals surface area contributed by atoms with Gasteiger partial charge in [-0.3, -0.25) is 19.3 Å². The largest absolute Gasteiger partial charge is 0.480 e. The molecule has 170 valence electrons. The molecule has 0 aromatic heterocycles. The highest BCUT2D eigenvalue weighted by atomic mass is 32.2. The summed E-state index contributed by atoms with van der Waals surface area (Å²) in [5.41, 5.74) is 0.717. The normalized spacial score (nSPS) is 28.2. The molecule has 2 heterocycles. The molecule has 9 nitrogen and oxygen atoms in total. The van der Waals surface area contributed by atoms with Crippen LogP contribution < -0.4 is 10.6 Å². The second kappa shape index (κ2) is 8.16. The molecule has 5 atom stereocenters. The summed E-state index contributed by atoms with van der Waals surface area (Å²) >= 11 is 1.05. The third-order valence-corrected chi connectivity index (χ3v) is 7.79. The average Bonchev–Trinajstić information content (AvgIpc) is 3.57. The molecule has 0 spiro atoms. The van der Waals surface area contributed by atoms with Crippen LogP contribution in [0.3, 0.4) is 0 Å². The van der Waals surface area contributed by atoms with Gasteiger partial charge < -0.3 is 20.5 Å². The minimum absolute atomic E-state index is 0.186. The highest BCUT2D eigenvalue weighted by Crippen LogP contribution is 2.52. The van der Waals surface area contributed by atoms with E-state index in [1.165, 1.54) is 11.8 Å². The van der Waals surface area contributed by atoms with Gasteiger partial charge in [0.25, 0.3) is 5.91 Å². The lowest BCUT2D eigenvalue weighted by molar-refractivity contribution is -0.146. The number of nitrogens with zero attached hydrogens (tertiary/aromatic N) is 1. The molecule has 1 aromatic rings. The summed E-state index contributed by atoms with van der Waals surface area (Å²) in [6, 6.07) is 6.65. The highest BCUT2D eigenvalue weighted by Gasteiger charge is 2.63. The zero-order valence-electron chi connectivity index (χ0n) is 17.7. The number of carboxylic acid groups (broad SMARTS) is 1. The number of nitrogens with one attached hydrogen (secondary N) is 2. The maximum absolute atomic E-state index is 13.1. The molecule has 1 saturated carbocycles. The van der Waals surface area contributed by atoms with Gasteiger partial charge in [0.15, 0.2) is 4.75 Å². The number of aliphatic carboxylic acids is 1. The van der Waals surface area contributed by atoms with Gasteiger partial charge in [-0.15, -0.1) is 11.8 Å². The second-order valence-electron chi connectivity index (χ2n) is 8.42. The van der Waals surface area contributed by atoms with Crippen molar-refractivity contribution in [2.24, 2.45) is 5.92 Å². The molecule has 3 aliphatic rings. The van der Waals surface area contributed by atoms with Crippen LogP contribution in [-0.4, -0.2) is 56.2 Å². The quantitative estimate of drug-likeness (QED) is 0.533. The molecule has 0 radical (unpaired) electrons. The number of hydrogen-bond donors (Lipinski definition) is 3. The Morgan fingerprint density at radius 1 is 1.28 bits per heavy atom. The van der Waals surface area contributed by atoms with Crippen molar-refractivity contribution in [2.45, 2.75) is 55.0 Å². The molecular weight excluding hydrogens is 434 g/mol. The molecule has 2 aliphatic heterocycles. The number of alkyl carbamates (subject to hydrolysis) is 1. The van der Waals surface area contributed by atoms with Gasteiger partial charge in [0.1, 0.15) is 23.6 Å². The molecule has 3 amide bonds. The van der Waals surface area contributed by atoms with Crippen LogP contribution in [0.5, 0.6) is 0 Å². The topological polar surface area (TPSA) is 125 Å². The summed E-state index contributed by atoms with van der Waals surface area (Å²) < 4.78 is 4.05. The molecule has 4 unspecified atom stereocenters. The summed E-state index contributed by atoms with van der Waals surface area (Å²) in [5, 5.41) is 14.2. The van der Waals surface area contributed by atoms with Crippen molar-refractivity contribution in [1.29, 1.82) is 0 Å². The van der Waals surface area contributed by atoms with Crippen molar-refractivity contribution >= 4 is 35.6 Å². The van der Waals surface area contributed by atoms with Crippen LogP contribution in [0.2, 0.25) is 0 Å². The van der Waals surface area contributed by atoms with E-state index in [1.54, 1.807) is 30.3 Å². The predicted molar refractivity (Wildman–Crippen MR) is 116 cm³/mol. The zero-order chi connectivity index (χ0) is 23.2. The smallest absolute Gasteiger partial charge is 0.408 e. The second-order valence-corrected chi connectivity index (χ2v) is 9.96. The Morgan fingerprint density at radius 3 is 2.53 bits per heavy atom. The average molecular weight is 460 g/mol. The summed E-state index contributed by atoms with van der Waals surface area (Å²) in [6.45, 7) is 7.07. The maximum Gasteiger partial charge on any atom is 0.408 e. The molecule has 4 rings (SSSR count). The standard InChI is InChI=1S/C22H25N3O6S/c1-11(13-9-10-13)31-21(30)24-15(14-7-5-4-6-8-14)17(26)23-16-18(27)25-12(2)22(3,20(28)29)32-19(16)25/h4-8,11,13,15-16,19H,2,9-10H2,1,3H3,(H,23,26)(H,24,30)(H,28,29)/t11?,15?,16?,19-,22?/m1/s1. The van der Waals surface area contributed by atoms with Crippen molar-refractivity contribution in [3.8, 4) is 0 Å². The van der Waals surface area contributed by atoms with Crippen LogP contribution in [0.15, 0.2) is 42.6 Å². The number of fused-ring (bicyclic) bond motifs is 1. The summed E-state index contributed by atoms with van der Waals surface area (Å²) in [7, 11) is 0. The van der Waals surface area contributed by atoms with Crippen molar-refractivity contribution in [2.75, 3.05) is 0 Å². The number of carboxylic acids is 1. The molecule has 3 N–H and O–H groups in total. The van der Waals surface area contributed by atoms with Gasteiger partial charge in [-0.25, -0.2) is 4.79 Å². The Kier molecular flexibility index (Phi) is 5.66. The van der Waals surface area contributed by atoms with Crippen molar-refractivity contribution in [3.05, 3.63) is 48.2 Å². The number of β-lactam (4-membered cyclic amide) rings is 1. The third-order valence-electron chi connectivity index (χ3n) is 6.18.